The molecule has 1 atom stereocenters. The van der Waals surface area contributed by atoms with Gasteiger partial charge in [0.15, 0.2) is 0 Å². The van der Waals surface area contributed by atoms with Crippen LogP contribution in [0.25, 0.3) is 10.9 Å². The molecule has 0 unspecified atom stereocenters. The number of alkyl halides is 2. The molecule has 0 aliphatic heterocycles. The fraction of sp³-hybridized carbons (Fsp3) is 0.333. The first-order valence-corrected chi connectivity index (χ1v) is 9.88. The number of hydrogen-bond donors (Lipinski definition) is 2. The van der Waals surface area contributed by atoms with Gasteiger partial charge in [0, 0.05) is 28.2 Å². The van der Waals surface area contributed by atoms with Crippen molar-refractivity contribution in [3.63, 3.8) is 0 Å². The number of ether oxygens (including phenoxy) is 1. The fourth-order valence-corrected chi connectivity index (χ4v) is 3.85. The Bertz CT molecular complexity index is 1060. The Kier molecular flexibility index (Phi) is 6.05. The van der Waals surface area contributed by atoms with Crippen LogP contribution in [0.15, 0.2) is 34.8 Å². The standard InChI is InChI=1S/C21H23BrF2N4O/c1-11-5-16(22)9-18-19(11)27-13(3)28-20(18)26-12(2)14-6-15(8-17(25)7-14)21(23,24)10-29-4/h5-9,12H,10,25H2,1-4H3,(H,26,27,28)/t12-/m1/s1. The molecule has 1 aromatic heterocycles. The average molecular weight is 465 g/mol. The molecule has 0 bridgehead atoms. The monoisotopic (exact) mass is 464 g/mol. The number of nitrogens with zero attached hydrogens (tertiary/aromatic N) is 2. The van der Waals surface area contributed by atoms with E-state index in [0.29, 0.717) is 17.2 Å². The molecule has 5 nitrogen and oxygen atoms in total. The lowest BCUT2D eigenvalue weighted by molar-refractivity contribution is -0.0698. The quantitative estimate of drug-likeness (QED) is 0.471. The molecule has 0 saturated carbocycles. The number of aromatic nitrogens is 2. The van der Waals surface area contributed by atoms with Crippen LogP contribution in [0.3, 0.4) is 0 Å². The van der Waals surface area contributed by atoms with Crippen LogP contribution < -0.4 is 11.1 Å². The zero-order valence-corrected chi connectivity index (χ0v) is 18.3. The molecule has 0 fully saturated rings. The van der Waals surface area contributed by atoms with Gasteiger partial charge in [0.25, 0.3) is 5.92 Å². The van der Waals surface area contributed by atoms with E-state index < -0.39 is 12.5 Å². The van der Waals surface area contributed by atoms with Crippen LogP contribution in [0.5, 0.6) is 0 Å². The summed E-state index contributed by atoms with van der Waals surface area (Å²) in [5.74, 6) is -1.87. The molecule has 29 heavy (non-hydrogen) atoms. The molecule has 0 saturated heterocycles. The van der Waals surface area contributed by atoms with E-state index in [4.69, 9.17) is 5.73 Å². The highest BCUT2D eigenvalue weighted by atomic mass is 79.9. The molecule has 0 aliphatic carbocycles. The van der Waals surface area contributed by atoms with Gasteiger partial charge < -0.3 is 15.8 Å². The molecule has 0 aliphatic rings. The molecule has 3 aromatic rings. The van der Waals surface area contributed by atoms with E-state index >= 15 is 0 Å². The molecule has 3 N–H and O–H groups in total. The number of halogens is 3. The Balaban J connectivity index is 2.01. The number of nitrogens with two attached hydrogens (primary N) is 1. The van der Waals surface area contributed by atoms with E-state index in [2.05, 4.69) is 36.0 Å². The number of aryl methyl sites for hydroxylation is 2. The molecule has 1 heterocycles. The van der Waals surface area contributed by atoms with Crippen molar-refractivity contribution in [2.24, 2.45) is 0 Å². The molecular weight excluding hydrogens is 442 g/mol. The van der Waals surface area contributed by atoms with E-state index in [1.165, 1.54) is 19.2 Å². The van der Waals surface area contributed by atoms with Gasteiger partial charge in [-0.05, 0) is 62.2 Å². The third-order valence-electron chi connectivity index (χ3n) is 4.65. The summed E-state index contributed by atoms with van der Waals surface area (Å²) in [5, 5.41) is 4.18. The van der Waals surface area contributed by atoms with E-state index in [0.717, 1.165) is 20.9 Å². The van der Waals surface area contributed by atoms with E-state index in [1.54, 1.807) is 6.07 Å². The summed E-state index contributed by atoms with van der Waals surface area (Å²) >= 11 is 3.51. The highest BCUT2D eigenvalue weighted by Gasteiger charge is 2.32. The van der Waals surface area contributed by atoms with Crippen molar-refractivity contribution < 1.29 is 13.5 Å². The molecule has 3 rings (SSSR count). The number of hydrogen-bond acceptors (Lipinski definition) is 5. The Morgan fingerprint density at radius 2 is 1.90 bits per heavy atom. The van der Waals surface area contributed by atoms with Crippen LogP contribution in [0.4, 0.5) is 20.3 Å². The number of anilines is 2. The third-order valence-corrected chi connectivity index (χ3v) is 5.10. The number of methoxy groups -OCH3 is 1. The summed E-state index contributed by atoms with van der Waals surface area (Å²) < 4.78 is 34.2. The van der Waals surface area contributed by atoms with E-state index in [1.807, 2.05) is 32.9 Å². The third kappa shape index (κ3) is 4.64. The first-order valence-electron chi connectivity index (χ1n) is 9.09. The van der Waals surface area contributed by atoms with E-state index in [-0.39, 0.29) is 17.3 Å². The van der Waals surface area contributed by atoms with Crippen LogP contribution in [-0.2, 0) is 10.7 Å². The van der Waals surface area contributed by atoms with Crippen LogP contribution >= 0.6 is 15.9 Å². The van der Waals surface area contributed by atoms with Gasteiger partial charge in [-0.2, -0.15) is 8.78 Å². The minimum atomic E-state index is -3.13. The van der Waals surface area contributed by atoms with Crippen molar-refractivity contribution >= 4 is 38.3 Å². The lowest BCUT2D eigenvalue weighted by Crippen LogP contribution is -2.21. The van der Waals surface area contributed by atoms with Crippen LogP contribution in [0, 0.1) is 13.8 Å². The number of benzene rings is 2. The molecule has 8 heteroatoms. The Labute approximate surface area is 176 Å². The first-order chi connectivity index (χ1) is 13.6. The van der Waals surface area contributed by atoms with Crippen molar-refractivity contribution in [1.29, 1.82) is 0 Å². The normalized spacial score (nSPS) is 12.9. The van der Waals surface area contributed by atoms with Gasteiger partial charge in [-0.1, -0.05) is 15.9 Å². The summed E-state index contributed by atoms with van der Waals surface area (Å²) in [6.07, 6.45) is 0. The molecule has 154 valence electrons. The summed E-state index contributed by atoms with van der Waals surface area (Å²) in [6, 6.07) is 8.02. The van der Waals surface area contributed by atoms with Crippen LogP contribution in [-0.4, -0.2) is 23.7 Å². The van der Waals surface area contributed by atoms with Crippen LogP contribution in [0.2, 0.25) is 0 Å². The Morgan fingerprint density at radius 3 is 2.59 bits per heavy atom. The molecule has 0 amide bonds. The van der Waals surface area contributed by atoms with E-state index in [9.17, 15) is 8.78 Å². The summed E-state index contributed by atoms with van der Waals surface area (Å²) in [4.78, 5) is 9.06. The molecular formula is C21H23BrF2N4O. The van der Waals surface area contributed by atoms with Gasteiger partial charge in [-0.3, -0.25) is 0 Å². The van der Waals surface area contributed by atoms with Crippen molar-refractivity contribution in [3.05, 3.63) is 57.3 Å². The Morgan fingerprint density at radius 1 is 1.17 bits per heavy atom. The summed E-state index contributed by atoms with van der Waals surface area (Å²) in [5.41, 5.74) is 8.49. The zero-order chi connectivity index (χ0) is 21.3. The second kappa shape index (κ2) is 8.20. The molecule has 2 aromatic carbocycles. The van der Waals surface area contributed by atoms with Gasteiger partial charge in [-0.15, -0.1) is 0 Å². The van der Waals surface area contributed by atoms with Gasteiger partial charge in [0.2, 0.25) is 0 Å². The zero-order valence-electron chi connectivity index (χ0n) is 16.7. The highest BCUT2D eigenvalue weighted by molar-refractivity contribution is 9.10. The largest absolute Gasteiger partial charge is 0.399 e. The topological polar surface area (TPSA) is 73.1 Å². The minimum absolute atomic E-state index is 0.176. The predicted molar refractivity (Wildman–Crippen MR) is 115 cm³/mol. The number of fused-ring (bicyclic) bond motifs is 1. The summed E-state index contributed by atoms with van der Waals surface area (Å²) in [6.45, 7) is 4.97. The second-order valence-corrected chi connectivity index (χ2v) is 8.05. The van der Waals surface area contributed by atoms with Crippen molar-refractivity contribution in [3.8, 4) is 0 Å². The predicted octanol–water partition coefficient (Wildman–Crippen LogP) is 5.50. The van der Waals surface area contributed by atoms with Crippen molar-refractivity contribution in [2.45, 2.75) is 32.7 Å². The Hall–Kier alpha value is -2.32. The lowest BCUT2D eigenvalue weighted by Gasteiger charge is -2.21. The van der Waals surface area contributed by atoms with Crippen LogP contribution in [0.1, 0.15) is 35.5 Å². The van der Waals surface area contributed by atoms with Crippen molar-refractivity contribution in [2.75, 3.05) is 24.8 Å². The highest BCUT2D eigenvalue weighted by Crippen LogP contribution is 2.34. The smallest absolute Gasteiger partial charge is 0.296 e. The maximum absolute atomic E-state index is 14.3. The maximum Gasteiger partial charge on any atom is 0.296 e. The van der Waals surface area contributed by atoms with Gasteiger partial charge >= 0.3 is 0 Å². The minimum Gasteiger partial charge on any atom is -0.399 e. The average Bonchev–Trinajstić information content (AvgIpc) is 2.62. The first kappa shape index (κ1) is 21.4. The van der Waals surface area contributed by atoms with Gasteiger partial charge in [-0.25, -0.2) is 9.97 Å². The van der Waals surface area contributed by atoms with Crippen molar-refractivity contribution in [1.82, 2.24) is 9.97 Å². The van der Waals surface area contributed by atoms with Gasteiger partial charge in [0.05, 0.1) is 11.6 Å². The summed E-state index contributed by atoms with van der Waals surface area (Å²) in [7, 11) is 1.24. The number of rotatable bonds is 6. The van der Waals surface area contributed by atoms with Gasteiger partial charge in [0.1, 0.15) is 18.2 Å². The fourth-order valence-electron chi connectivity index (χ4n) is 3.27. The second-order valence-electron chi connectivity index (χ2n) is 7.13. The molecule has 0 radical (unpaired) electrons. The number of nitrogen functional groups attached to an aromatic ring is 1. The molecule has 0 spiro atoms. The lowest BCUT2D eigenvalue weighted by atomic mass is 10.00. The maximum atomic E-state index is 14.3. The SMILES string of the molecule is COCC(F)(F)c1cc(N)cc([C@@H](C)Nc2nc(C)nc3c(C)cc(Br)cc23)c1. The number of nitrogens with one attached hydrogen (secondary N) is 1.